The summed E-state index contributed by atoms with van der Waals surface area (Å²) in [7, 11) is 2.87. The first-order valence-corrected chi connectivity index (χ1v) is 10.5. The Morgan fingerprint density at radius 2 is 1.87 bits per heavy atom. The molecule has 1 aliphatic heterocycles. The standard InChI is InChI=1S/C24H28FNO5/c1-29-21-7-15(6-19(25)11-21)12-26-13-17-9-22(27)23(10-18(17)14-26)31-20-5-3-4-16(8-20)24(28)30-2/h3-8,11,17-18,22-23,27H,9-10,12-14H2,1-2H3/t17-,18+,22+,23+/m0/s1. The van der Waals surface area contributed by atoms with E-state index in [0.29, 0.717) is 41.9 Å². The summed E-state index contributed by atoms with van der Waals surface area (Å²) in [6, 6.07) is 11.6. The topological polar surface area (TPSA) is 68.2 Å². The van der Waals surface area contributed by atoms with E-state index >= 15 is 0 Å². The van der Waals surface area contributed by atoms with Gasteiger partial charge in [-0.1, -0.05) is 6.07 Å². The van der Waals surface area contributed by atoms with Crippen molar-refractivity contribution < 1.29 is 28.5 Å². The number of ether oxygens (including phenoxy) is 3. The molecule has 0 bridgehead atoms. The Labute approximate surface area is 181 Å². The van der Waals surface area contributed by atoms with Gasteiger partial charge in [-0.3, -0.25) is 4.90 Å². The summed E-state index contributed by atoms with van der Waals surface area (Å²) in [4.78, 5) is 14.1. The van der Waals surface area contributed by atoms with Gasteiger partial charge in [0.05, 0.1) is 25.9 Å². The molecule has 31 heavy (non-hydrogen) atoms. The molecule has 2 fully saturated rings. The molecule has 2 aliphatic rings. The molecule has 2 aromatic rings. The highest BCUT2D eigenvalue weighted by Crippen LogP contribution is 2.38. The molecular weight excluding hydrogens is 401 g/mol. The summed E-state index contributed by atoms with van der Waals surface area (Å²) >= 11 is 0. The average molecular weight is 429 g/mol. The molecule has 0 aromatic heterocycles. The second kappa shape index (κ2) is 9.24. The van der Waals surface area contributed by atoms with E-state index in [9.17, 15) is 14.3 Å². The molecule has 4 rings (SSSR count). The highest BCUT2D eigenvalue weighted by atomic mass is 19.1. The normalized spacial score (nSPS) is 25.7. The van der Waals surface area contributed by atoms with Gasteiger partial charge in [0.15, 0.2) is 0 Å². The minimum Gasteiger partial charge on any atom is -0.497 e. The van der Waals surface area contributed by atoms with Crippen molar-refractivity contribution in [3.63, 3.8) is 0 Å². The van der Waals surface area contributed by atoms with E-state index in [1.807, 2.05) is 6.07 Å². The van der Waals surface area contributed by atoms with E-state index in [4.69, 9.17) is 14.2 Å². The van der Waals surface area contributed by atoms with E-state index in [1.54, 1.807) is 30.3 Å². The molecule has 0 amide bonds. The largest absolute Gasteiger partial charge is 0.497 e. The summed E-state index contributed by atoms with van der Waals surface area (Å²) in [6.45, 7) is 2.38. The predicted octanol–water partition coefficient (Wildman–Crippen LogP) is 3.27. The Kier molecular flexibility index (Phi) is 6.43. The molecule has 1 heterocycles. The summed E-state index contributed by atoms with van der Waals surface area (Å²) in [6.07, 6.45) is 0.493. The number of carbonyl (C=O) groups is 1. The lowest BCUT2D eigenvalue weighted by Gasteiger charge is -2.35. The number of methoxy groups -OCH3 is 2. The van der Waals surface area contributed by atoms with Gasteiger partial charge in [-0.25, -0.2) is 9.18 Å². The molecule has 0 radical (unpaired) electrons. The summed E-state index contributed by atoms with van der Waals surface area (Å²) < 4.78 is 29.8. The lowest BCUT2D eigenvalue weighted by atomic mass is 9.78. The number of nitrogens with zero attached hydrogens (tertiary/aromatic N) is 1. The minimum absolute atomic E-state index is 0.302. The highest BCUT2D eigenvalue weighted by Gasteiger charge is 2.42. The third-order valence-electron chi connectivity index (χ3n) is 6.28. The molecule has 1 aliphatic carbocycles. The number of halogens is 1. The molecule has 0 unspecified atom stereocenters. The molecule has 166 valence electrons. The number of benzene rings is 2. The van der Waals surface area contributed by atoms with Crippen molar-refractivity contribution in [2.45, 2.75) is 31.6 Å². The maximum atomic E-state index is 13.8. The average Bonchev–Trinajstić information content (AvgIpc) is 3.13. The number of hydrogen-bond acceptors (Lipinski definition) is 6. The Morgan fingerprint density at radius 3 is 2.61 bits per heavy atom. The Hall–Kier alpha value is -2.64. The van der Waals surface area contributed by atoms with Gasteiger partial charge in [-0.05, 0) is 60.6 Å². The number of likely N-dealkylation sites (tertiary alicyclic amines) is 1. The van der Waals surface area contributed by atoms with Gasteiger partial charge in [0.1, 0.15) is 23.4 Å². The van der Waals surface area contributed by atoms with Gasteiger partial charge in [-0.15, -0.1) is 0 Å². The van der Waals surface area contributed by atoms with Crippen LogP contribution in [0.4, 0.5) is 4.39 Å². The Bertz CT molecular complexity index is 936. The quantitative estimate of drug-likeness (QED) is 0.711. The third kappa shape index (κ3) is 4.99. The molecule has 7 heteroatoms. The lowest BCUT2D eigenvalue weighted by Crippen LogP contribution is -2.42. The number of rotatable bonds is 6. The number of hydrogen-bond donors (Lipinski definition) is 1. The van der Waals surface area contributed by atoms with Crippen LogP contribution in [-0.4, -0.2) is 55.5 Å². The van der Waals surface area contributed by atoms with Gasteiger partial charge in [0.25, 0.3) is 0 Å². The molecule has 1 saturated heterocycles. The molecule has 2 aromatic carbocycles. The van der Waals surface area contributed by atoms with Crippen LogP contribution in [0.3, 0.4) is 0 Å². The van der Waals surface area contributed by atoms with Crippen molar-refractivity contribution in [1.29, 1.82) is 0 Å². The Balaban J connectivity index is 1.39. The number of aliphatic hydroxyl groups is 1. The summed E-state index contributed by atoms with van der Waals surface area (Å²) in [5, 5.41) is 10.7. The van der Waals surface area contributed by atoms with Crippen molar-refractivity contribution in [3.8, 4) is 11.5 Å². The molecule has 4 atom stereocenters. The van der Waals surface area contributed by atoms with Gasteiger partial charge < -0.3 is 19.3 Å². The lowest BCUT2D eigenvalue weighted by molar-refractivity contribution is -0.0231. The first kappa shape index (κ1) is 21.6. The second-order valence-corrected chi connectivity index (χ2v) is 8.43. The van der Waals surface area contributed by atoms with Crippen molar-refractivity contribution >= 4 is 5.97 Å². The zero-order chi connectivity index (χ0) is 22.0. The van der Waals surface area contributed by atoms with E-state index < -0.39 is 12.1 Å². The molecule has 6 nitrogen and oxygen atoms in total. The van der Waals surface area contributed by atoms with E-state index in [-0.39, 0.29) is 11.9 Å². The Morgan fingerprint density at radius 1 is 1.10 bits per heavy atom. The van der Waals surface area contributed by atoms with Crippen LogP contribution in [-0.2, 0) is 11.3 Å². The second-order valence-electron chi connectivity index (χ2n) is 8.43. The van der Waals surface area contributed by atoms with Crippen LogP contribution in [0.15, 0.2) is 42.5 Å². The molecule has 0 spiro atoms. The number of carbonyl (C=O) groups excluding carboxylic acids is 1. The van der Waals surface area contributed by atoms with E-state index in [0.717, 1.165) is 25.1 Å². The fourth-order valence-corrected chi connectivity index (χ4v) is 4.82. The van der Waals surface area contributed by atoms with Gasteiger partial charge >= 0.3 is 5.97 Å². The minimum atomic E-state index is -0.572. The maximum absolute atomic E-state index is 13.8. The molecule has 1 N–H and O–H groups in total. The third-order valence-corrected chi connectivity index (χ3v) is 6.28. The van der Waals surface area contributed by atoms with Crippen LogP contribution in [0, 0.1) is 17.7 Å². The number of fused-ring (bicyclic) bond motifs is 1. The van der Waals surface area contributed by atoms with Crippen LogP contribution >= 0.6 is 0 Å². The van der Waals surface area contributed by atoms with Crippen LogP contribution in [0.2, 0.25) is 0 Å². The van der Waals surface area contributed by atoms with Crippen molar-refractivity contribution in [2.24, 2.45) is 11.8 Å². The zero-order valence-electron chi connectivity index (χ0n) is 17.8. The zero-order valence-corrected chi connectivity index (χ0v) is 17.8. The fraction of sp³-hybridized carbons (Fsp3) is 0.458. The van der Waals surface area contributed by atoms with Gasteiger partial charge in [0.2, 0.25) is 0 Å². The van der Waals surface area contributed by atoms with E-state index in [2.05, 4.69) is 4.90 Å². The SMILES string of the molecule is COC(=O)c1cccc(O[C@@H]2C[C@@H]3CN(Cc4cc(F)cc(OC)c4)C[C@@H]3C[C@H]2O)c1. The first-order chi connectivity index (χ1) is 14.9. The van der Waals surface area contributed by atoms with Crippen molar-refractivity contribution in [2.75, 3.05) is 27.3 Å². The molecular formula is C24H28FNO5. The number of aliphatic hydroxyl groups excluding tert-OH is 1. The van der Waals surface area contributed by atoms with Crippen LogP contribution in [0.25, 0.3) is 0 Å². The smallest absolute Gasteiger partial charge is 0.337 e. The maximum Gasteiger partial charge on any atom is 0.337 e. The number of esters is 1. The van der Waals surface area contributed by atoms with E-state index in [1.165, 1.54) is 20.3 Å². The van der Waals surface area contributed by atoms with Crippen molar-refractivity contribution in [3.05, 3.63) is 59.4 Å². The predicted molar refractivity (Wildman–Crippen MR) is 113 cm³/mol. The van der Waals surface area contributed by atoms with Gasteiger partial charge in [0, 0.05) is 25.7 Å². The molecule has 1 saturated carbocycles. The monoisotopic (exact) mass is 429 g/mol. The van der Waals surface area contributed by atoms with Crippen LogP contribution in [0.5, 0.6) is 11.5 Å². The summed E-state index contributed by atoms with van der Waals surface area (Å²) in [5.74, 6) is 1.12. The highest BCUT2D eigenvalue weighted by molar-refractivity contribution is 5.89. The first-order valence-electron chi connectivity index (χ1n) is 10.5. The van der Waals surface area contributed by atoms with Gasteiger partial charge in [-0.2, -0.15) is 0 Å². The fourth-order valence-electron chi connectivity index (χ4n) is 4.82. The summed E-state index contributed by atoms with van der Waals surface area (Å²) in [5.41, 5.74) is 1.30. The van der Waals surface area contributed by atoms with Crippen LogP contribution < -0.4 is 9.47 Å². The van der Waals surface area contributed by atoms with Crippen LogP contribution in [0.1, 0.15) is 28.8 Å². The van der Waals surface area contributed by atoms with Crippen molar-refractivity contribution in [1.82, 2.24) is 4.90 Å².